The lowest BCUT2D eigenvalue weighted by Crippen LogP contribution is -2.44. The second-order valence-electron chi connectivity index (χ2n) is 4.91. The maximum absolute atomic E-state index is 13.6. The van der Waals surface area contributed by atoms with Crippen LogP contribution in [0.3, 0.4) is 0 Å². The highest BCUT2D eigenvalue weighted by atomic mass is 19.1. The zero-order valence-electron chi connectivity index (χ0n) is 11.9. The van der Waals surface area contributed by atoms with Gasteiger partial charge in [-0.2, -0.15) is 0 Å². The fraction of sp³-hybridized carbons (Fsp3) is 0.533. The maximum atomic E-state index is 13.6. The van der Waals surface area contributed by atoms with E-state index >= 15 is 0 Å². The lowest BCUT2D eigenvalue weighted by atomic mass is 10.1. The average Bonchev–Trinajstić information content (AvgIpc) is 2.47. The van der Waals surface area contributed by atoms with Crippen LogP contribution in [0.1, 0.15) is 23.7 Å². The highest BCUT2D eigenvalue weighted by Crippen LogP contribution is 2.18. The number of carbonyl (C=O) groups excluding carboxylic acids is 1. The van der Waals surface area contributed by atoms with Crippen molar-refractivity contribution in [2.45, 2.75) is 19.4 Å². The molecule has 0 aliphatic carbocycles. The van der Waals surface area contributed by atoms with Crippen LogP contribution in [0.5, 0.6) is 5.75 Å². The third-order valence-corrected chi connectivity index (χ3v) is 3.52. The van der Waals surface area contributed by atoms with Gasteiger partial charge in [0.1, 0.15) is 0 Å². The van der Waals surface area contributed by atoms with Gasteiger partial charge in [0.25, 0.3) is 0 Å². The van der Waals surface area contributed by atoms with Gasteiger partial charge in [-0.15, -0.1) is 0 Å². The number of benzene rings is 1. The van der Waals surface area contributed by atoms with Gasteiger partial charge in [-0.1, -0.05) is 6.92 Å². The van der Waals surface area contributed by atoms with Gasteiger partial charge >= 0.3 is 0 Å². The number of carbonyl (C=O) groups is 1. The molecule has 110 valence electrons. The normalized spacial score (nSPS) is 19.9. The molecular weight excluding hydrogens is 261 g/mol. The molecule has 4 nitrogen and oxygen atoms in total. The van der Waals surface area contributed by atoms with Crippen LogP contribution in [0.15, 0.2) is 18.2 Å². The van der Waals surface area contributed by atoms with Crippen molar-refractivity contribution in [1.29, 1.82) is 0 Å². The predicted molar refractivity (Wildman–Crippen MR) is 73.8 cm³/mol. The Morgan fingerprint density at radius 2 is 2.35 bits per heavy atom. The molecule has 1 heterocycles. The molecule has 2 rings (SSSR count). The van der Waals surface area contributed by atoms with Crippen molar-refractivity contribution in [1.82, 2.24) is 4.90 Å². The number of morpholine rings is 1. The van der Waals surface area contributed by atoms with Gasteiger partial charge in [0.05, 0.1) is 26.4 Å². The summed E-state index contributed by atoms with van der Waals surface area (Å²) < 4.78 is 24.0. The van der Waals surface area contributed by atoms with Gasteiger partial charge in [-0.3, -0.25) is 9.69 Å². The fourth-order valence-corrected chi connectivity index (χ4v) is 2.31. The first kappa shape index (κ1) is 14.9. The van der Waals surface area contributed by atoms with Crippen molar-refractivity contribution in [2.24, 2.45) is 0 Å². The number of halogens is 1. The number of hydrogen-bond acceptors (Lipinski definition) is 4. The first-order valence-electron chi connectivity index (χ1n) is 6.84. The summed E-state index contributed by atoms with van der Waals surface area (Å²) in [5.41, 5.74) is 0.378. The van der Waals surface area contributed by atoms with Crippen LogP contribution in [0.25, 0.3) is 0 Å². The number of methoxy groups -OCH3 is 1. The molecule has 5 heteroatoms. The lowest BCUT2D eigenvalue weighted by molar-refractivity contribution is -0.0271. The van der Waals surface area contributed by atoms with Crippen molar-refractivity contribution in [3.63, 3.8) is 0 Å². The molecule has 0 saturated carbocycles. The maximum Gasteiger partial charge on any atom is 0.176 e. The van der Waals surface area contributed by atoms with Gasteiger partial charge in [-0.05, 0) is 24.6 Å². The Hall–Kier alpha value is -1.46. The van der Waals surface area contributed by atoms with Crippen molar-refractivity contribution < 1.29 is 18.7 Å². The molecule has 0 aromatic heterocycles. The van der Waals surface area contributed by atoms with E-state index in [-0.39, 0.29) is 17.6 Å². The van der Waals surface area contributed by atoms with E-state index in [4.69, 9.17) is 9.47 Å². The van der Waals surface area contributed by atoms with E-state index in [1.54, 1.807) is 6.07 Å². The summed E-state index contributed by atoms with van der Waals surface area (Å²) >= 11 is 0. The molecule has 1 saturated heterocycles. The summed E-state index contributed by atoms with van der Waals surface area (Å²) in [6.07, 6.45) is 1.12. The molecule has 1 aromatic rings. The molecular formula is C15H20FNO3. The Kier molecular flexibility index (Phi) is 5.09. The molecule has 1 aliphatic rings. The Morgan fingerprint density at radius 1 is 1.55 bits per heavy atom. The van der Waals surface area contributed by atoms with E-state index in [1.165, 1.54) is 19.2 Å². The first-order chi connectivity index (χ1) is 9.63. The van der Waals surface area contributed by atoms with E-state index in [2.05, 4.69) is 11.8 Å². The largest absolute Gasteiger partial charge is 0.494 e. The Balaban J connectivity index is 1.99. The van der Waals surface area contributed by atoms with Crippen LogP contribution >= 0.6 is 0 Å². The Labute approximate surface area is 118 Å². The van der Waals surface area contributed by atoms with Crippen LogP contribution < -0.4 is 4.74 Å². The minimum absolute atomic E-state index is 0.0803. The molecule has 1 aliphatic heterocycles. The van der Waals surface area contributed by atoms with Crippen LogP contribution in [-0.4, -0.2) is 50.1 Å². The zero-order valence-corrected chi connectivity index (χ0v) is 11.9. The minimum Gasteiger partial charge on any atom is -0.494 e. The van der Waals surface area contributed by atoms with Gasteiger partial charge in [0.15, 0.2) is 17.3 Å². The lowest BCUT2D eigenvalue weighted by Gasteiger charge is -2.31. The molecule has 0 bridgehead atoms. The number of ketones is 1. The molecule has 1 fully saturated rings. The summed E-state index contributed by atoms with van der Waals surface area (Å²) in [4.78, 5) is 14.2. The van der Waals surface area contributed by atoms with Crippen molar-refractivity contribution in [3.8, 4) is 5.75 Å². The van der Waals surface area contributed by atoms with Crippen molar-refractivity contribution >= 4 is 5.78 Å². The third kappa shape index (κ3) is 3.55. The highest BCUT2D eigenvalue weighted by Gasteiger charge is 2.21. The molecule has 0 amide bonds. The zero-order chi connectivity index (χ0) is 14.5. The number of hydrogen-bond donors (Lipinski definition) is 0. The second-order valence-corrected chi connectivity index (χ2v) is 4.91. The molecule has 20 heavy (non-hydrogen) atoms. The van der Waals surface area contributed by atoms with Crippen LogP contribution in [0.2, 0.25) is 0 Å². The highest BCUT2D eigenvalue weighted by molar-refractivity contribution is 5.97. The van der Waals surface area contributed by atoms with Gasteiger partial charge in [0.2, 0.25) is 0 Å². The van der Waals surface area contributed by atoms with E-state index < -0.39 is 5.82 Å². The monoisotopic (exact) mass is 281 g/mol. The molecule has 0 N–H and O–H groups in total. The standard InChI is InChI=1S/C15H20FNO3/c1-3-12-9-17(6-7-20-12)10-14(18)11-4-5-15(19-2)13(16)8-11/h4-5,8,12H,3,6-7,9-10H2,1-2H3. The summed E-state index contributed by atoms with van der Waals surface area (Å²) in [6.45, 7) is 4.49. The Bertz CT molecular complexity index is 478. The minimum atomic E-state index is -0.508. The molecule has 1 unspecified atom stereocenters. The SMILES string of the molecule is CCC1CN(CC(=O)c2ccc(OC)c(F)c2)CCO1. The van der Waals surface area contributed by atoms with Gasteiger partial charge in [0, 0.05) is 18.7 Å². The van der Waals surface area contributed by atoms with E-state index in [0.29, 0.717) is 18.7 Å². The number of nitrogens with zero attached hydrogens (tertiary/aromatic N) is 1. The van der Waals surface area contributed by atoms with Crippen molar-refractivity contribution in [3.05, 3.63) is 29.6 Å². The van der Waals surface area contributed by atoms with Crippen LogP contribution in [0.4, 0.5) is 4.39 Å². The summed E-state index contributed by atoms with van der Waals surface area (Å²) in [5, 5.41) is 0. The van der Waals surface area contributed by atoms with E-state index in [1.807, 2.05) is 0 Å². The summed E-state index contributed by atoms with van der Waals surface area (Å²) in [5.74, 6) is -0.436. The topological polar surface area (TPSA) is 38.8 Å². The molecule has 1 aromatic carbocycles. The van der Waals surface area contributed by atoms with Crippen LogP contribution in [-0.2, 0) is 4.74 Å². The predicted octanol–water partition coefficient (Wildman–Crippen LogP) is 2.13. The number of ether oxygens (including phenoxy) is 2. The quantitative estimate of drug-likeness (QED) is 0.775. The third-order valence-electron chi connectivity index (χ3n) is 3.52. The second kappa shape index (κ2) is 6.81. The smallest absolute Gasteiger partial charge is 0.176 e. The fourth-order valence-electron chi connectivity index (χ4n) is 2.31. The van der Waals surface area contributed by atoms with Gasteiger partial charge < -0.3 is 9.47 Å². The van der Waals surface area contributed by atoms with Crippen LogP contribution in [0, 0.1) is 5.82 Å². The summed E-state index contributed by atoms with van der Waals surface area (Å²) in [7, 11) is 1.40. The molecule has 1 atom stereocenters. The van der Waals surface area contributed by atoms with E-state index in [9.17, 15) is 9.18 Å². The summed E-state index contributed by atoms with van der Waals surface area (Å²) in [6, 6.07) is 4.32. The number of Topliss-reactive ketones (excluding diaryl/α,β-unsaturated/α-hetero) is 1. The first-order valence-corrected chi connectivity index (χ1v) is 6.84. The Morgan fingerprint density at radius 3 is 3.00 bits per heavy atom. The van der Waals surface area contributed by atoms with Gasteiger partial charge in [-0.25, -0.2) is 4.39 Å². The van der Waals surface area contributed by atoms with Crippen molar-refractivity contribution in [2.75, 3.05) is 33.4 Å². The molecule has 0 radical (unpaired) electrons. The average molecular weight is 281 g/mol. The molecule has 0 spiro atoms. The van der Waals surface area contributed by atoms with E-state index in [0.717, 1.165) is 19.5 Å². The number of rotatable bonds is 5.